The first-order valence-electron chi connectivity index (χ1n) is 6.28. The van der Waals surface area contributed by atoms with Gasteiger partial charge in [-0.2, -0.15) is 0 Å². The van der Waals surface area contributed by atoms with Gasteiger partial charge in [-0.15, -0.1) is 0 Å². The van der Waals surface area contributed by atoms with Crippen LogP contribution in [0, 0.1) is 5.41 Å². The molecule has 1 atom stereocenters. The van der Waals surface area contributed by atoms with Crippen molar-refractivity contribution in [3.8, 4) is 0 Å². The number of hydrogen-bond acceptors (Lipinski definition) is 3. The first kappa shape index (κ1) is 15.1. The zero-order valence-electron chi connectivity index (χ0n) is 11.9. The summed E-state index contributed by atoms with van der Waals surface area (Å²) in [5.41, 5.74) is 0.419. The Morgan fingerprint density at radius 2 is 2.05 bits per heavy atom. The van der Waals surface area contributed by atoms with E-state index in [1.807, 2.05) is 32.9 Å². The van der Waals surface area contributed by atoms with Gasteiger partial charge in [-0.05, 0) is 18.6 Å². The molecule has 2 amide bonds. The third kappa shape index (κ3) is 5.07. The van der Waals surface area contributed by atoms with Crippen LogP contribution < -0.4 is 10.6 Å². The van der Waals surface area contributed by atoms with Crippen molar-refractivity contribution in [2.75, 3.05) is 0 Å². The zero-order valence-corrected chi connectivity index (χ0v) is 11.9. The standard InChI is InChI=1S/C14H21N3O2/c1-10(17-13(19)14(2,3)4)12(18)16-9-11-6-5-7-15-8-11/h5-8,10H,9H2,1-4H3,(H,16,18)(H,17,19)/t10-/m1/s1. The van der Waals surface area contributed by atoms with Crippen molar-refractivity contribution in [3.05, 3.63) is 30.1 Å². The lowest BCUT2D eigenvalue weighted by Crippen LogP contribution is -2.48. The van der Waals surface area contributed by atoms with E-state index in [1.54, 1.807) is 19.3 Å². The van der Waals surface area contributed by atoms with Gasteiger partial charge in [0.05, 0.1) is 0 Å². The van der Waals surface area contributed by atoms with Crippen LogP contribution in [0.1, 0.15) is 33.3 Å². The molecular weight excluding hydrogens is 242 g/mol. The monoisotopic (exact) mass is 263 g/mol. The Hall–Kier alpha value is -1.91. The summed E-state index contributed by atoms with van der Waals surface area (Å²) in [6.07, 6.45) is 3.37. The van der Waals surface area contributed by atoms with Crippen molar-refractivity contribution >= 4 is 11.8 Å². The van der Waals surface area contributed by atoms with Crippen LogP contribution in [0.5, 0.6) is 0 Å². The Balaban J connectivity index is 2.43. The fraction of sp³-hybridized carbons (Fsp3) is 0.500. The van der Waals surface area contributed by atoms with Crippen molar-refractivity contribution in [3.63, 3.8) is 0 Å². The predicted octanol–water partition coefficient (Wildman–Crippen LogP) is 1.25. The van der Waals surface area contributed by atoms with Crippen LogP contribution in [0.25, 0.3) is 0 Å². The van der Waals surface area contributed by atoms with Gasteiger partial charge >= 0.3 is 0 Å². The summed E-state index contributed by atoms with van der Waals surface area (Å²) in [5, 5.41) is 5.45. The Bertz CT molecular complexity index is 438. The molecule has 0 aliphatic carbocycles. The summed E-state index contributed by atoms with van der Waals surface area (Å²) >= 11 is 0. The molecular formula is C14H21N3O2. The summed E-state index contributed by atoms with van der Waals surface area (Å²) in [7, 11) is 0. The Kier molecular flexibility index (Phi) is 5.03. The molecule has 0 saturated carbocycles. The van der Waals surface area contributed by atoms with E-state index in [4.69, 9.17) is 0 Å². The lowest BCUT2D eigenvalue weighted by Gasteiger charge is -2.21. The van der Waals surface area contributed by atoms with E-state index in [2.05, 4.69) is 15.6 Å². The minimum atomic E-state index is -0.552. The zero-order chi connectivity index (χ0) is 14.5. The van der Waals surface area contributed by atoms with Crippen LogP contribution in [0.3, 0.4) is 0 Å². The molecule has 1 rings (SSSR count). The number of carbonyl (C=O) groups excluding carboxylic acids is 2. The number of rotatable bonds is 4. The summed E-state index contributed by atoms with van der Waals surface area (Å²) in [4.78, 5) is 27.6. The first-order valence-corrected chi connectivity index (χ1v) is 6.28. The van der Waals surface area contributed by atoms with Crippen molar-refractivity contribution in [1.82, 2.24) is 15.6 Å². The van der Waals surface area contributed by atoms with E-state index in [-0.39, 0.29) is 11.8 Å². The largest absolute Gasteiger partial charge is 0.350 e. The molecule has 5 heteroatoms. The number of carbonyl (C=O) groups is 2. The topological polar surface area (TPSA) is 71.1 Å². The van der Waals surface area contributed by atoms with Crippen LogP contribution in [0.2, 0.25) is 0 Å². The van der Waals surface area contributed by atoms with Gasteiger partial charge < -0.3 is 10.6 Å². The van der Waals surface area contributed by atoms with E-state index in [9.17, 15) is 9.59 Å². The number of nitrogens with one attached hydrogen (secondary N) is 2. The highest BCUT2D eigenvalue weighted by Crippen LogP contribution is 2.12. The van der Waals surface area contributed by atoms with Crippen molar-refractivity contribution in [2.45, 2.75) is 40.3 Å². The van der Waals surface area contributed by atoms with E-state index >= 15 is 0 Å². The molecule has 0 aliphatic rings. The fourth-order valence-corrected chi connectivity index (χ4v) is 1.32. The first-order chi connectivity index (χ1) is 8.80. The maximum absolute atomic E-state index is 11.8. The Morgan fingerprint density at radius 1 is 1.37 bits per heavy atom. The fourth-order valence-electron chi connectivity index (χ4n) is 1.32. The second-order valence-corrected chi connectivity index (χ2v) is 5.52. The Labute approximate surface area is 113 Å². The second kappa shape index (κ2) is 6.31. The minimum absolute atomic E-state index is 0.142. The molecule has 0 radical (unpaired) electrons. The van der Waals surface area contributed by atoms with Gasteiger partial charge in [0.2, 0.25) is 11.8 Å². The van der Waals surface area contributed by atoms with Gasteiger partial charge in [-0.3, -0.25) is 14.6 Å². The SMILES string of the molecule is C[C@@H](NC(=O)C(C)(C)C)C(=O)NCc1cccnc1. The van der Waals surface area contributed by atoms with E-state index in [0.29, 0.717) is 6.54 Å². The predicted molar refractivity (Wildman–Crippen MR) is 73.1 cm³/mol. The van der Waals surface area contributed by atoms with Gasteiger partial charge in [0, 0.05) is 24.4 Å². The van der Waals surface area contributed by atoms with E-state index in [1.165, 1.54) is 0 Å². The highest BCUT2D eigenvalue weighted by Gasteiger charge is 2.24. The number of amides is 2. The highest BCUT2D eigenvalue weighted by atomic mass is 16.2. The lowest BCUT2D eigenvalue weighted by molar-refractivity contribution is -0.133. The van der Waals surface area contributed by atoms with Crippen LogP contribution in [-0.2, 0) is 16.1 Å². The van der Waals surface area contributed by atoms with Gasteiger partial charge in [0.1, 0.15) is 6.04 Å². The van der Waals surface area contributed by atoms with Crippen molar-refractivity contribution in [1.29, 1.82) is 0 Å². The molecule has 1 aromatic heterocycles. The maximum atomic E-state index is 11.8. The number of nitrogens with zero attached hydrogens (tertiary/aromatic N) is 1. The lowest BCUT2D eigenvalue weighted by atomic mass is 9.95. The molecule has 0 saturated heterocycles. The molecule has 0 spiro atoms. The quantitative estimate of drug-likeness (QED) is 0.858. The van der Waals surface area contributed by atoms with Crippen LogP contribution in [-0.4, -0.2) is 22.8 Å². The average molecular weight is 263 g/mol. The smallest absolute Gasteiger partial charge is 0.242 e. The van der Waals surface area contributed by atoms with Crippen LogP contribution >= 0.6 is 0 Å². The molecule has 1 heterocycles. The molecule has 104 valence electrons. The van der Waals surface area contributed by atoms with Crippen LogP contribution in [0.15, 0.2) is 24.5 Å². The normalized spacial score (nSPS) is 12.6. The molecule has 2 N–H and O–H groups in total. The molecule has 1 aromatic rings. The van der Waals surface area contributed by atoms with Crippen molar-refractivity contribution in [2.24, 2.45) is 5.41 Å². The third-order valence-corrected chi connectivity index (χ3v) is 2.61. The minimum Gasteiger partial charge on any atom is -0.350 e. The molecule has 5 nitrogen and oxygen atoms in total. The summed E-state index contributed by atoms with van der Waals surface area (Å²) in [6, 6.07) is 3.14. The highest BCUT2D eigenvalue weighted by molar-refractivity contribution is 5.89. The average Bonchev–Trinajstić information content (AvgIpc) is 2.35. The molecule has 0 fully saturated rings. The third-order valence-electron chi connectivity index (χ3n) is 2.61. The molecule has 0 aromatic carbocycles. The molecule has 0 bridgehead atoms. The Morgan fingerprint density at radius 3 is 2.58 bits per heavy atom. The molecule has 19 heavy (non-hydrogen) atoms. The second-order valence-electron chi connectivity index (χ2n) is 5.52. The number of pyridine rings is 1. The number of hydrogen-bond donors (Lipinski definition) is 2. The van der Waals surface area contributed by atoms with Crippen LogP contribution in [0.4, 0.5) is 0 Å². The van der Waals surface area contributed by atoms with Gasteiger partial charge in [0.25, 0.3) is 0 Å². The van der Waals surface area contributed by atoms with Crippen molar-refractivity contribution < 1.29 is 9.59 Å². The summed E-state index contributed by atoms with van der Waals surface area (Å²) in [5.74, 6) is -0.349. The maximum Gasteiger partial charge on any atom is 0.242 e. The van der Waals surface area contributed by atoms with E-state index in [0.717, 1.165) is 5.56 Å². The number of aromatic nitrogens is 1. The van der Waals surface area contributed by atoms with E-state index < -0.39 is 11.5 Å². The molecule has 0 unspecified atom stereocenters. The van der Waals surface area contributed by atoms with Gasteiger partial charge in [-0.1, -0.05) is 26.8 Å². The molecule has 0 aliphatic heterocycles. The van der Waals surface area contributed by atoms with Gasteiger partial charge in [0.15, 0.2) is 0 Å². The summed E-state index contributed by atoms with van der Waals surface area (Å²) < 4.78 is 0. The van der Waals surface area contributed by atoms with Gasteiger partial charge in [-0.25, -0.2) is 0 Å². The summed E-state index contributed by atoms with van der Waals surface area (Å²) in [6.45, 7) is 7.50.